The Labute approximate surface area is 172 Å². The van der Waals surface area contributed by atoms with Crippen molar-refractivity contribution in [1.29, 1.82) is 0 Å². The van der Waals surface area contributed by atoms with Crippen molar-refractivity contribution < 1.29 is 22.9 Å². The molecule has 0 aliphatic heterocycles. The minimum absolute atomic E-state index is 0.0175. The Morgan fingerprint density at radius 2 is 1.67 bits per heavy atom. The van der Waals surface area contributed by atoms with Gasteiger partial charge in [-0.25, -0.2) is 8.42 Å². The number of sulfonamides is 1. The van der Waals surface area contributed by atoms with Crippen LogP contribution in [0.2, 0.25) is 0 Å². The van der Waals surface area contributed by atoms with Crippen molar-refractivity contribution in [2.24, 2.45) is 0 Å². The predicted octanol–water partition coefficient (Wildman–Crippen LogP) is 3.66. The van der Waals surface area contributed by atoms with Gasteiger partial charge in [-0.2, -0.15) is 0 Å². The highest BCUT2D eigenvalue weighted by Crippen LogP contribution is 2.30. The highest BCUT2D eigenvalue weighted by atomic mass is 32.2. The fraction of sp³-hybridized carbons (Fsp3) is 0.0500. The first kappa shape index (κ1) is 20.8. The zero-order valence-electron chi connectivity index (χ0n) is 15.7. The normalized spacial score (nSPS) is 10.8. The van der Waals surface area contributed by atoms with E-state index in [-0.39, 0.29) is 17.0 Å². The molecule has 0 radical (unpaired) electrons. The van der Waals surface area contributed by atoms with Gasteiger partial charge in [0.05, 0.1) is 29.4 Å². The van der Waals surface area contributed by atoms with Crippen LogP contribution in [0.5, 0.6) is 5.75 Å². The molecule has 9 nitrogen and oxygen atoms in total. The van der Waals surface area contributed by atoms with Crippen LogP contribution in [0.15, 0.2) is 77.7 Å². The van der Waals surface area contributed by atoms with Gasteiger partial charge in [-0.15, -0.1) is 0 Å². The van der Waals surface area contributed by atoms with E-state index in [0.717, 1.165) is 12.1 Å². The molecule has 10 heteroatoms. The largest absolute Gasteiger partial charge is 0.497 e. The van der Waals surface area contributed by atoms with Crippen molar-refractivity contribution in [1.82, 2.24) is 0 Å². The van der Waals surface area contributed by atoms with Crippen LogP contribution in [-0.4, -0.2) is 26.4 Å². The molecular weight excluding hydrogens is 410 g/mol. The van der Waals surface area contributed by atoms with E-state index < -0.39 is 31.4 Å². The topological polar surface area (TPSA) is 128 Å². The van der Waals surface area contributed by atoms with Crippen LogP contribution in [0.25, 0.3) is 0 Å². The third-order valence-corrected chi connectivity index (χ3v) is 5.51. The average molecular weight is 427 g/mol. The second-order valence-corrected chi connectivity index (χ2v) is 7.71. The van der Waals surface area contributed by atoms with E-state index in [2.05, 4.69) is 10.0 Å². The Hall–Kier alpha value is -3.92. The van der Waals surface area contributed by atoms with Crippen LogP contribution in [-0.2, 0) is 10.0 Å². The number of nitro groups is 1. The van der Waals surface area contributed by atoms with E-state index in [4.69, 9.17) is 4.74 Å². The summed E-state index contributed by atoms with van der Waals surface area (Å²) in [6.45, 7) is 0. The first-order valence-corrected chi connectivity index (χ1v) is 10.1. The third kappa shape index (κ3) is 4.55. The van der Waals surface area contributed by atoms with Gasteiger partial charge in [-0.05, 0) is 36.4 Å². The predicted molar refractivity (Wildman–Crippen MR) is 111 cm³/mol. The molecule has 3 aromatic rings. The molecule has 0 aliphatic rings. The number of methoxy groups -OCH3 is 1. The summed E-state index contributed by atoms with van der Waals surface area (Å²) in [7, 11) is -3.06. The molecule has 0 fully saturated rings. The summed E-state index contributed by atoms with van der Waals surface area (Å²) < 4.78 is 32.9. The van der Waals surface area contributed by atoms with Crippen molar-refractivity contribution in [2.45, 2.75) is 4.90 Å². The number of ether oxygens (including phenoxy) is 1. The van der Waals surface area contributed by atoms with Crippen molar-refractivity contribution in [3.05, 3.63) is 88.5 Å². The van der Waals surface area contributed by atoms with Gasteiger partial charge in [0.1, 0.15) is 5.75 Å². The molecule has 2 N–H and O–H groups in total. The number of carbonyl (C=O) groups is 1. The van der Waals surface area contributed by atoms with Crippen LogP contribution < -0.4 is 14.8 Å². The number of nitrogens with zero attached hydrogens (tertiary/aromatic N) is 1. The highest BCUT2D eigenvalue weighted by molar-refractivity contribution is 7.92. The molecule has 0 aromatic heterocycles. The summed E-state index contributed by atoms with van der Waals surface area (Å²) >= 11 is 0. The van der Waals surface area contributed by atoms with Gasteiger partial charge < -0.3 is 10.1 Å². The Kier molecular flexibility index (Phi) is 5.98. The minimum Gasteiger partial charge on any atom is -0.497 e. The van der Waals surface area contributed by atoms with Crippen LogP contribution >= 0.6 is 0 Å². The Balaban J connectivity index is 1.95. The summed E-state index contributed by atoms with van der Waals surface area (Å²) in [5.41, 5.74) is -0.0730. The monoisotopic (exact) mass is 427 g/mol. The third-order valence-electron chi connectivity index (χ3n) is 4.10. The standard InChI is InChI=1S/C20H17N3O6S/c1-29-15-11-12-19(18(13-15)23(25)26)30(27,28)22-17-10-6-5-9-16(17)20(24)21-14-7-3-2-4-8-14/h2-13,22H,1H3,(H,21,24). The van der Waals surface area contributed by atoms with E-state index in [1.807, 2.05) is 0 Å². The molecule has 30 heavy (non-hydrogen) atoms. The fourth-order valence-electron chi connectivity index (χ4n) is 2.68. The molecule has 0 atom stereocenters. The molecular formula is C20H17N3O6S. The smallest absolute Gasteiger partial charge is 0.293 e. The number of hydrogen-bond acceptors (Lipinski definition) is 6. The molecule has 0 aliphatic carbocycles. The number of amides is 1. The van der Waals surface area contributed by atoms with E-state index in [1.54, 1.807) is 42.5 Å². The molecule has 1 amide bonds. The summed E-state index contributed by atoms with van der Waals surface area (Å²) in [6.07, 6.45) is 0. The van der Waals surface area contributed by atoms with Crippen LogP contribution in [0, 0.1) is 10.1 Å². The number of anilines is 2. The van der Waals surface area contributed by atoms with Gasteiger partial charge in [0.2, 0.25) is 0 Å². The Morgan fingerprint density at radius 3 is 2.33 bits per heavy atom. The zero-order valence-corrected chi connectivity index (χ0v) is 16.5. The Bertz CT molecular complexity index is 1200. The number of carbonyl (C=O) groups excluding carboxylic acids is 1. The number of rotatable bonds is 7. The maximum Gasteiger partial charge on any atom is 0.293 e. The summed E-state index contributed by atoms with van der Waals surface area (Å²) in [5, 5.41) is 14.0. The zero-order chi connectivity index (χ0) is 21.7. The first-order valence-electron chi connectivity index (χ1n) is 8.62. The molecule has 0 spiro atoms. The van der Waals surface area contributed by atoms with Crippen molar-refractivity contribution in [3.8, 4) is 5.75 Å². The molecule has 0 heterocycles. The van der Waals surface area contributed by atoms with Gasteiger partial charge >= 0.3 is 0 Å². The lowest BCUT2D eigenvalue weighted by Gasteiger charge is -2.13. The summed E-state index contributed by atoms with van der Waals surface area (Å²) in [4.78, 5) is 22.6. The van der Waals surface area contributed by atoms with Crippen LogP contribution in [0.4, 0.5) is 17.1 Å². The second-order valence-electron chi connectivity index (χ2n) is 6.06. The minimum atomic E-state index is -4.37. The number of nitro benzene ring substituents is 1. The van der Waals surface area contributed by atoms with E-state index in [0.29, 0.717) is 5.69 Å². The molecule has 0 unspecified atom stereocenters. The maximum atomic E-state index is 12.9. The van der Waals surface area contributed by atoms with Crippen LogP contribution in [0.3, 0.4) is 0 Å². The van der Waals surface area contributed by atoms with Gasteiger partial charge in [0, 0.05) is 5.69 Å². The fourth-order valence-corrected chi connectivity index (χ4v) is 3.92. The summed E-state index contributed by atoms with van der Waals surface area (Å²) in [5.74, 6) is -0.396. The SMILES string of the molecule is COc1ccc(S(=O)(=O)Nc2ccccc2C(=O)Nc2ccccc2)c([N+](=O)[O-])c1. The average Bonchev–Trinajstić information content (AvgIpc) is 2.74. The van der Waals surface area contributed by atoms with E-state index in [9.17, 15) is 23.3 Å². The number of hydrogen-bond donors (Lipinski definition) is 2. The summed E-state index contributed by atoms with van der Waals surface area (Å²) in [6, 6.07) is 18.0. The first-order chi connectivity index (χ1) is 14.3. The number of para-hydroxylation sites is 2. The van der Waals surface area contributed by atoms with Gasteiger partial charge in [0.25, 0.3) is 21.6 Å². The molecule has 0 saturated heterocycles. The lowest BCUT2D eigenvalue weighted by molar-refractivity contribution is -0.387. The second kappa shape index (κ2) is 8.62. The molecule has 3 aromatic carbocycles. The van der Waals surface area contributed by atoms with Crippen molar-refractivity contribution in [3.63, 3.8) is 0 Å². The van der Waals surface area contributed by atoms with Gasteiger partial charge in [-0.3, -0.25) is 19.6 Å². The lowest BCUT2D eigenvalue weighted by Crippen LogP contribution is -2.19. The van der Waals surface area contributed by atoms with Crippen LogP contribution in [0.1, 0.15) is 10.4 Å². The van der Waals surface area contributed by atoms with Crippen molar-refractivity contribution >= 4 is 33.0 Å². The number of benzene rings is 3. The quantitative estimate of drug-likeness (QED) is 0.437. The van der Waals surface area contributed by atoms with E-state index in [1.165, 1.54) is 25.3 Å². The van der Waals surface area contributed by atoms with Crippen molar-refractivity contribution in [2.75, 3.05) is 17.1 Å². The molecule has 3 rings (SSSR count). The molecule has 0 saturated carbocycles. The lowest BCUT2D eigenvalue weighted by atomic mass is 10.1. The number of nitrogens with one attached hydrogen (secondary N) is 2. The molecule has 154 valence electrons. The van der Waals surface area contributed by atoms with E-state index >= 15 is 0 Å². The molecule has 0 bridgehead atoms. The Morgan fingerprint density at radius 1 is 1.00 bits per heavy atom. The maximum absolute atomic E-state index is 12.9. The van der Waals surface area contributed by atoms with Gasteiger partial charge in [0.15, 0.2) is 4.90 Å². The van der Waals surface area contributed by atoms with Gasteiger partial charge in [-0.1, -0.05) is 30.3 Å². The highest BCUT2D eigenvalue weighted by Gasteiger charge is 2.28.